The Bertz CT molecular complexity index is 1880. The first-order chi connectivity index (χ1) is 18.7. The molecule has 191 valence electrons. The summed E-state index contributed by atoms with van der Waals surface area (Å²) in [7, 11) is 0. The molecule has 0 saturated heterocycles. The van der Waals surface area contributed by atoms with Crippen LogP contribution in [-0.2, 0) is 20.1 Å². The van der Waals surface area contributed by atoms with Crippen LogP contribution in [-0.4, -0.2) is 15.0 Å². The molecule has 0 fully saturated rings. The summed E-state index contributed by atoms with van der Waals surface area (Å²) in [6.45, 7) is 1.84. The molecular formula is C34H22FIrN3-2. The van der Waals surface area contributed by atoms with Gasteiger partial charge in [0.05, 0.1) is 11.3 Å². The van der Waals surface area contributed by atoms with E-state index in [4.69, 9.17) is 0 Å². The summed E-state index contributed by atoms with van der Waals surface area (Å²) in [6, 6.07) is 39.5. The quantitative estimate of drug-likeness (QED) is 0.136. The molecule has 0 unspecified atom stereocenters. The summed E-state index contributed by atoms with van der Waals surface area (Å²) in [4.78, 5) is 13.4. The van der Waals surface area contributed by atoms with Gasteiger partial charge in [-0.05, 0) is 39.4 Å². The molecule has 1 radical (unpaired) electrons. The van der Waals surface area contributed by atoms with Crippen molar-refractivity contribution in [2.75, 3.05) is 0 Å². The number of rotatable bonds is 2. The molecule has 3 nitrogen and oxygen atoms in total. The maximum Gasteiger partial charge on any atom is 0.0757 e. The molecule has 0 N–H and O–H groups in total. The molecule has 0 spiro atoms. The van der Waals surface area contributed by atoms with Gasteiger partial charge in [0.2, 0.25) is 0 Å². The number of benzene rings is 5. The van der Waals surface area contributed by atoms with Gasteiger partial charge in [0.1, 0.15) is 0 Å². The fourth-order valence-electron chi connectivity index (χ4n) is 4.58. The topological polar surface area (TPSA) is 38.7 Å². The van der Waals surface area contributed by atoms with Crippen LogP contribution < -0.4 is 0 Å². The Balaban J connectivity index is 0.000000161. The molecule has 0 atom stereocenters. The molecule has 5 heteroatoms. The Morgan fingerprint density at radius 2 is 1.44 bits per heavy atom. The van der Waals surface area contributed by atoms with Crippen molar-refractivity contribution in [1.82, 2.24) is 15.0 Å². The van der Waals surface area contributed by atoms with Crippen LogP contribution in [0.15, 0.2) is 116 Å². The molecule has 0 aliphatic carbocycles. The molecule has 7 aromatic rings. The first-order valence-corrected chi connectivity index (χ1v) is 12.3. The first-order valence-electron chi connectivity index (χ1n) is 12.3. The number of nitrogens with zero attached hydrogens (tertiary/aromatic N) is 3. The number of aromatic nitrogens is 3. The Labute approximate surface area is 239 Å². The van der Waals surface area contributed by atoms with Gasteiger partial charge >= 0.3 is 0 Å². The summed E-state index contributed by atoms with van der Waals surface area (Å²) in [5.74, 6) is 0.0996. The van der Waals surface area contributed by atoms with Crippen molar-refractivity contribution in [3.8, 4) is 22.6 Å². The van der Waals surface area contributed by atoms with Crippen molar-refractivity contribution >= 4 is 32.4 Å². The zero-order valence-corrected chi connectivity index (χ0v) is 23.4. The van der Waals surface area contributed by atoms with Gasteiger partial charge in [0, 0.05) is 43.7 Å². The van der Waals surface area contributed by atoms with E-state index in [1.807, 2.05) is 85.9 Å². The minimum Gasteiger partial charge on any atom is -0.304 e. The average Bonchev–Trinajstić information content (AvgIpc) is 2.97. The van der Waals surface area contributed by atoms with E-state index in [0.717, 1.165) is 38.5 Å². The molecule has 7 rings (SSSR count). The minimum atomic E-state index is -0.391. The number of halogens is 1. The first kappa shape index (κ1) is 26.3. The van der Waals surface area contributed by atoms with Gasteiger partial charge in [0.25, 0.3) is 0 Å². The van der Waals surface area contributed by atoms with Crippen molar-refractivity contribution in [3.63, 3.8) is 0 Å². The van der Waals surface area contributed by atoms with Gasteiger partial charge in [-0.1, -0.05) is 61.5 Å². The number of hydrogen-bond donors (Lipinski definition) is 0. The van der Waals surface area contributed by atoms with Crippen molar-refractivity contribution in [1.29, 1.82) is 0 Å². The Kier molecular flexibility index (Phi) is 7.83. The van der Waals surface area contributed by atoms with Crippen molar-refractivity contribution < 1.29 is 24.5 Å². The van der Waals surface area contributed by atoms with E-state index < -0.39 is 5.82 Å². The van der Waals surface area contributed by atoms with E-state index in [1.54, 1.807) is 6.20 Å². The van der Waals surface area contributed by atoms with Crippen molar-refractivity contribution in [2.45, 2.75) is 6.92 Å². The Hall–Kier alpha value is -4.31. The zero-order valence-electron chi connectivity index (χ0n) is 21.0. The SMILES string of the molecule is Cc1cc(F)[c-]c(-c2ncc3c(ccc4ccccc43)n2)c1.[Ir].[c-]1ccccc1-c1nccc2ccccc12. The van der Waals surface area contributed by atoms with Crippen LogP contribution in [0, 0.1) is 24.9 Å². The molecule has 0 bridgehead atoms. The van der Waals surface area contributed by atoms with E-state index >= 15 is 0 Å². The van der Waals surface area contributed by atoms with Crippen LogP contribution in [0.3, 0.4) is 0 Å². The van der Waals surface area contributed by atoms with Crippen LogP contribution in [0.5, 0.6) is 0 Å². The Morgan fingerprint density at radius 1 is 0.692 bits per heavy atom. The number of hydrogen-bond acceptors (Lipinski definition) is 3. The van der Waals surface area contributed by atoms with Crippen LogP contribution in [0.1, 0.15) is 5.56 Å². The third-order valence-electron chi connectivity index (χ3n) is 6.35. The molecular weight excluding hydrogens is 662 g/mol. The van der Waals surface area contributed by atoms with Crippen LogP contribution in [0.2, 0.25) is 0 Å². The van der Waals surface area contributed by atoms with Crippen molar-refractivity contribution in [2.24, 2.45) is 0 Å². The maximum absolute atomic E-state index is 13.5. The smallest absolute Gasteiger partial charge is 0.0757 e. The van der Waals surface area contributed by atoms with Gasteiger partial charge in [0.15, 0.2) is 0 Å². The van der Waals surface area contributed by atoms with E-state index in [0.29, 0.717) is 11.4 Å². The second-order valence-electron chi connectivity index (χ2n) is 8.99. The third-order valence-corrected chi connectivity index (χ3v) is 6.35. The van der Waals surface area contributed by atoms with Gasteiger partial charge < -0.3 is 4.98 Å². The summed E-state index contributed by atoms with van der Waals surface area (Å²) < 4.78 is 13.5. The second kappa shape index (κ2) is 11.6. The Morgan fingerprint density at radius 3 is 2.21 bits per heavy atom. The summed E-state index contributed by atoms with van der Waals surface area (Å²) >= 11 is 0. The molecule has 0 saturated carbocycles. The van der Waals surface area contributed by atoms with E-state index in [1.165, 1.54) is 16.8 Å². The predicted molar refractivity (Wildman–Crippen MR) is 152 cm³/mol. The van der Waals surface area contributed by atoms with E-state index in [-0.39, 0.29) is 20.1 Å². The summed E-state index contributed by atoms with van der Waals surface area (Å²) in [5, 5.41) is 5.65. The minimum absolute atomic E-state index is 0. The largest absolute Gasteiger partial charge is 0.304 e. The van der Waals surface area contributed by atoms with Crippen LogP contribution >= 0.6 is 0 Å². The summed E-state index contributed by atoms with van der Waals surface area (Å²) in [6.07, 6.45) is 3.65. The van der Waals surface area contributed by atoms with Gasteiger partial charge in [-0.3, -0.25) is 9.97 Å². The van der Waals surface area contributed by atoms with Crippen LogP contribution in [0.25, 0.3) is 55.1 Å². The molecule has 0 aliphatic heterocycles. The van der Waals surface area contributed by atoms with Gasteiger partial charge in [-0.25, -0.2) is 4.39 Å². The second-order valence-corrected chi connectivity index (χ2v) is 8.99. The van der Waals surface area contributed by atoms with Gasteiger partial charge in [-0.2, -0.15) is 0 Å². The normalized spacial score (nSPS) is 10.6. The van der Waals surface area contributed by atoms with Gasteiger partial charge in [-0.15, -0.1) is 65.2 Å². The molecule has 2 aromatic heterocycles. The average molecular weight is 684 g/mol. The van der Waals surface area contributed by atoms with E-state index in [2.05, 4.69) is 51.4 Å². The maximum atomic E-state index is 13.5. The molecule has 39 heavy (non-hydrogen) atoms. The van der Waals surface area contributed by atoms with Crippen molar-refractivity contribution in [3.05, 3.63) is 139 Å². The molecule has 5 aromatic carbocycles. The van der Waals surface area contributed by atoms with Crippen LogP contribution in [0.4, 0.5) is 4.39 Å². The monoisotopic (exact) mass is 684 g/mol. The third kappa shape index (κ3) is 5.61. The summed E-state index contributed by atoms with van der Waals surface area (Å²) in [5.41, 5.74) is 4.29. The molecule has 0 amide bonds. The molecule has 2 heterocycles. The number of pyridine rings is 1. The fourth-order valence-corrected chi connectivity index (χ4v) is 4.58. The predicted octanol–water partition coefficient (Wildman–Crippen LogP) is 8.40. The zero-order chi connectivity index (χ0) is 25.9. The fraction of sp³-hybridized carbons (Fsp3) is 0.0294. The molecule has 0 aliphatic rings. The number of fused-ring (bicyclic) bond motifs is 4. The van der Waals surface area contributed by atoms with E-state index in [9.17, 15) is 4.39 Å². The number of aryl methyl sites for hydroxylation is 1. The standard InChI is InChI=1S/C19H12FN2.C15H10N.Ir/c1-12-8-14(10-15(20)9-12)19-21-11-17-16-5-3-2-4-13(16)6-7-18(17)22-19;1-2-7-13(8-3-1)15-14-9-5-4-6-12(14)10-11-16-15;/h2-9,11H,1H3;1-7,9-11H;/q2*-1;.